The molecule has 0 aliphatic heterocycles. The number of H-pyrrole nitrogens is 2. The fourth-order valence-corrected chi connectivity index (χ4v) is 2.34. The highest BCUT2D eigenvalue weighted by atomic mass is 16.2. The zero-order valence-electron chi connectivity index (χ0n) is 12.1. The van der Waals surface area contributed by atoms with Crippen LogP contribution < -0.4 is 11.0 Å². The van der Waals surface area contributed by atoms with Crippen molar-refractivity contribution < 1.29 is 4.79 Å². The Morgan fingerprint density at radius 1 is 1.36 bits per heavy atom. The van der Waals surface area contributed by atoms with Crippen LogP contribution in [-0.2, 0) is 17.8 Å². The van der Waals surface area contributed by atoms with Crippen LogP contribution in [0.5, 0.6) is 0 Å². The van der Waals surface area contributed by atoms with Gasteiger partial charge in [0.1, 0.15) is 18.2 Å². The first kappa shape index (κ1) is 14.1. The molecule has 3 rings (SSSR count). The van der Waals surface area contributed by atoms with E-state index in [4.69, 9.17) is 0 Å². The molecule has 0 fully saturated rings. The molecule has 2 heterocycles. The van der Waals surface area contributed by atoms with Crippen LogP contribution in [0.2, 0.25) is 0 Å². The van der Waals surface area contributed by atoms with E-state index in [9.17, 15) is 9.59 Å². The maximum Gasteiger partial charge on any atom is 0.340 e. The first-order valence-electron chi connectivity index (χ1n) is 6.95. The van der Waals surface area contributed by atoms with Gasteiger partial charge in [-0.2, -0.15) is 5.10 Å². The molecule has 1 amide bonds. The quantitative estimate of drug-likeness (QED) is 0.621. The molecule has 8 heteroatoms. The maximum atomic E-state index is 12.0. The number of aromatic nitrogens is 5. The third-order valence-electron chi connectivity index (χ3n) is 3.38. The van der Waals surface area contributed by atoms with Crippen molar-refractivity contribution in [2.45, 2.75) is 19.9 Å². The van der Waals surface area contributed by atoms with Gasteiger partial charge in [0.2, 0.25) is 5.91 Å². The molecular formula is C14H16N6O2. The largest absolute Gasteiger partial charge is 0.354 e. The summed E-state index contributed by atoms with van der Waals surface area (Å²) in [5, 5.41) is 8.88. The van der Waals surface area contributed by atoms with Gasteiger partial charge in [-0.05, 0) is 19.1 Å². The number of amides is 1. The Bertz CT molecular complexity index is 859. The predicted molar refractivity (Wildman–Crippen MR) is 80.4 cm³/mol. The maximum absolute atomic E-state index is 12.0. The van der Waals surface area contributed by atoms with E-state index in [1.165, 1.54) is 0 Å². The number of nitrogens with one attached hydrogen (secondary N) is 3. The highest BCUT2D eigenvalue weighted by molar-refractivity contribution is 5.81. The number of benzene rings is 1. The monoisotopic (exact) mass is 300 g/mol. The van der Waals surface area contributed by atoms with Gasteiger partial charge < -0.3 is 9.88 Å². The second-order valence-electron chi connectivity index (χ2n) is 4.96. The molecule has 0 radical (unpaired) electrons. The molecule has 3 N–H and O–H groups in total. The molecule has 22 heavy (non-hydrogen) atoms. The van der Waals surface area contributed by atoms with E-state index in [2.05, 4.69) is 25.5 Å². The second kappa shape index (κ2) is 5.84. The minimum absolute atomic E-state index is 0.107. The molecule has 1 aromatic carbocycles. The third kappa shape index (κ3) is 2.90. The standard InChI is InChI=1S/C14H16N6O2/c1-9-16-10-4-2-3-5-11(10)20(9)8-13(21)15-7-6-12-17-14(22)19-18-12/h2-5H,6-8H2,1H3,(H,15,21)(H2,17,18,19,22). The Hall–Kier alpha value is -2.90. The van der Waals surface area contributed by atoms with E-state index < -0.39 is 0 Å². The van der Waals surface area contributed by atoms with E-state index in [-0.39, 0.29) is 18.1 Å². The van der Waals surface area contributed by atoms with Crippen LogP contribution in [0.4, 0.5) is 0 Å². The van der Waals surface area contributed by atoms with E-state index in [0.29, 0.717) is 18.8 Å². The van der Waals surface area contributed by atoms with Crippen LogP contribution in [0, 0.1) is 6.92 Å². The number of aryl methyl sites for hydroxylation is 1. The number of nitrogens with zero attached hydrogens (tertiary/aromatic N) is 3. The van der Waals surface area contributed by atoms with Gasteiger partial charge in [-0.1, -0.05) is 12.1 Å². The normalized spacial score (nSPS) is 11.0. The zero-order valence-corrected chi connectivity index (χ0v) is 12.1. The summed E-state index contributed by atoms with van der Waals surface area (Å²) >= 11 is 0. The summed E-state index contributed by atoms with van der Waals surface area (Å²) in [6.45, 7) is 2.50. The first-order chi connectivity index (χ1) is 10.6. The number of aromatic amines is 2. The topological polar surface area (TPSA) is 108 Å². The van der Waals surface area contributed by atoms with E-state index in [1.807, 2.05) is 35.8 Å². The molecular weight excluding hydrogens is 284 g/mol. The Kier molecular flexibility index (Phi) is 3.73. The lowest BCUT2D eigenvalue weighted by Gasteiger charge is -2.07. The van der Waals surface area contributed by atoms with Gasteiger partial charge in [-0.15, -0.1) is 0 Å². The van der Waals surface area contributed by atoms with Gasteiger partial charge in [0, 0.05) is 13.0 Å². The van der Waals surface area contributed by atoms with Crippen LogP contribution in [0.3, 0.4) is 0 Å². The average Bonchev–Trinajstić information content (AvgIpc) is 3.03. The van der Waals surface area contributed by atoms with Gasteiger partial charge >= 0.3 is 5.69 Å². The molecule has 0 aliphatic rings. The molecule has 3 aromatic rings. The molecule has 114 valence electrons. The zero-order chi connectivity index (χ0) is 15.5. The molecule has 2 aromatic heterocycles. The molecule has 0 saturated carbocycles. The summed E-state index contributed by atoms with van der Waals surface area (Å²) in [5.74, 6) is 1.21. The van der Waals surface area contributed by atoms with Crippen LogP contribution in [-0.4, -0.2) is 37.2 Å². The van der Waals surface area contributed by atoms with E-state index >= 15 is 0 Å². The van der Waals surface area contributed by atoms with Crippen molar-refractivity contribution in [1.82, 2.24) is 30.0 Å². The number of hydrogen-bond donors (Lipinski definition) is 3. The minimum atomic E-state index is -0.346. The van der Waals surface area contributed by atoms with E-state index in [1.54, 1.807) is 0 Å². The number of carbonyl (C=O) groups excluding carboxylic acids is 1. The van der Waals surface area contributed by atoms with Crippen LogP contribution in [0.1, 0.15) is 11.6 Å². The lowest BCUT2D eigenvalue weighted by molar-refractivity contribution is -0.121. The fraction of sp³-hybridized carbons (Fsp3) is 0.286. The smallest absolute Gasteiger partial charge is 0.340 e. The van der Waals surface area contributed by atoms with Crippen molar-refractivity contribution in [3.63, 3.8) is 0 Å². The second-order valence-corrected chi connectivity index (χ2v) is 4.96. The van der Waals surface area contributed by atoms with Crippen LogP contribution >= 0.6 is 0 Å². The highest BCUT2D eigenvalue weighted by Crippen LogP contribution is 2.14. The van der Waals surface area contributed by atoms with Gasteiger partial charge in [0.15, 0.2) is 0 Å². The van der Waals surface area contributed by atoms with E-state index in [0.717, 1.165) is 16.9 Å². The Morgan fingerprint density at radius 2 is 2.18 bits per heavy atom. The molecule has 0 atom stereocenters. The van der Waals surface area contributed by atoms with Crippen molar-refractivity contribution in [2.75, 3.05) is 6.54 Å². The van der Waals surface area contributed by atoms with Crippen LogP contribution in [0.15, 0.2) is 29.1 Å². The van der Waals surface area contributed by atoms with Gasteiger partial charge in [0.25, 0.3) is 0 Å². The number of rotatable bonds is 5. The Balaban J connectivity index is 1.61. The number of hydrogen-bond acceptors (Lipinski definition) is 4. The summed E-state index contributed by atoms with van der Waals surface area (Å²) < 4.78 is 1.88. The van der Waals surface area contributed by atoms with Crippen molar-refractivity contribution in [2.24, 2.45) is 0 Å². The van der Waals surface area contributed by atoms with Crippen LogP contribution in [0.25, 0.3) is 11.0 Å². The van der Waals surface area contributed by atoms with Crippen molar-refractivity contribution in [3.8, 4) is 0 Å². The molecule has 0 saturated heterocycles. The van der Waals surface area contributed by atoms with Gasteiger partial charge in [-0.3, -0.25) is 9.78 Å². The number of para-hydroxylation sites is 2. The molecule has 8 nitrogen and oxygen atoms in total. The van der Waals surface area contributed by atoms with Crippen molar-refractivity contribution >= 4 is 16.9 Å². The molecule has 0 aliphatic carbocycles. The van der Waals surface area contributed by atoms with Crippen molar-refractivity contribution in [1.29, 1.82) is 0 Å². The minimum Gasteiger partial charge on any atom is -0.354 e. The Morgan fingerprint density at radius 3 is 2.95 bits per heavy atom. The third-order valence-corrected chi connectivity index (χ3v) is 3.38. The summed E-state index contributed by atoms with van der Waals surface area (Å²) in [7, 11) is 0. The predicted octanol–water partition coefficient (Wildman–Crippen LogP) is 0.115. The highest BCUT2D eigenvalue weighted by Gasteiger charge is 2.10. The number of imidazole rings is 1. The summed E-state index contributed by atoms with van der Waals surface area (Å²) in [5.41, 5.74) is 1.47. The Labute approximate surface area is 125 Å². The fourth-order valence-electron chi connectivity index (χ4n) is 2.34. The molecule has 0 bridgehead atoms. The lowest BCUT2D eigenvalue weighted by Crippen LogP contribution is -2.29. The summed E-state index contributed by atoms with van der Waals surface area (Å²) in [6.07, 6.45) is 0.466. The van der Waals surface area contributed by atoms with Crippen molar-refractivity contribution in [3.05, 3.63) is 46.4 Å². The summed E-state index contributed by atoms with van der Waals surface area (Å²) in [6, 6.07) is 7.71. The van der Waals surface area contributed by atoms with Gasteiger partial charge in [0.05, 0.1) is 11.0 Å². The van der Waals surface area contributed by atoms with Gasteiger partial charge in [-0.25, -0.2) is 14.9 Å². The molecule has 0 unspecified atom stereocenters. The number of carbonyl (C=O) groups is 1. The lowest BCUT2D eigenvalue weighted by atomic mass is 10.3. The summed E-state index contributed by atoms with van der Waals surface area (Å²) in [4.78, 5) is 29.9. The first-order valence-corrected chi connectivity index (χ1v) is 6.95. The average molecular weight is 300 g/mol. The SMILES string of the molecule is Cc1nc2ccccc2n1CC(=O)NCCc1n[nH]c(=O)[nH]1. The molecule has 0 spiro atoms. The number of fused-ring (bicyclic) bond motifs is 1.